The average Bonchev–Trinajstić information content (AvgIpc) is 2.89. The summed E-state index contributed by atoms with van der Waals surface area (Å²) >= 11 is 0. The molecule has 2 heterocycles. The molecule has 0 fully saturated rings. The van der Waals surface area contributed by atoms with Crippen LogP contribution in [0.4, 0.5) is 0 Å². The van der Waals surface area contributed by atoms with Gasteiger partial charge in [0.1, 0.15) is 5.69 Å². The SMILES string of the molecule is c1ccc(Cn2nnnc2-c2ccccn2)cc1. The van der Waals surface area contributed by atoms with Crippen molar-refractivity contribution in [3.8, 4) is 11.5 Å². The molecule has 0 amide bonds. The molecule has 3 rings (SSSR count). The van der Waals surface area contributed by atoms with Crippen LogP contribution in [-0.4, -0.2) is 25.2 Å². The highest BCUT2D eigenvalue weighted by molar-refractivity contribution is 5.47. The standard InChI is InChI=1S/C13H11N5/c1-2-6-11(7-3-1)10-18-13(15-16-17-18)12-8-4-5-9-14-12/h1-9H,10H2. The van der Waals surface area contributed by atoms with Gasteiger partial charge in [0.15, 0.2) is 0 Å². The number of nitrogens with zero attached hydrogens (tertiary/aromatic N) is 5. The minimum absolute atomic E-state index is 0.639. The van der Waals surface area contributed by atoms with Gasteiger partial charge in [0.05, 0.1) is 6.54 Å². The monoisotopic (exact) mass is 237 g/mol. The van der Waals surface area contributed by atoms with Crippen LogP contribution in [-0.2, 0) is 6.54 Å². The molecule has 0 radical (unpaired) electrons. The van der Waals surface area contributed by atoms with E-state index in [-0.39, 0.29) is 0 Å². The maximum absolute atomic E-state index is 4.26. The minimum atomic E-state index is 0.639. The fourth-order valence-corrected chi connectivity index (χ4v) is 1.75. The summed E-state index contributed by atoms with van der Waals surface area (Å²) in [6, 6.07) is 15.8. The second-order valence-electron chi connectivity index (χ2n) is 3.86. The number of rotatable bonds is 3. The van der Waals surface area contributed by atoms with E-state index in [9.17, 15) is 0 Å². The molecule has 3 aromatic rings. The quantitative estimate of drug-likeness (QED) is 0.696. The van der Waals surface area contributed by atoms with Crippen LogP contribution in [0.2, 0.25) is 0 Å². The molecule has 18 heavy (non-hydrogen) atoms. The van der Waals surface area contributed by atoms with E-state index in [1.807, 2.05) is 48.5 Å². The zero-order chi connectivity index (χ0) is 12.2. The van der Waals surface area contributed by atoms with E-state index in [0.29, 0.717) is 12.4 Å². The number of aromatic nitrogens is 5. The Bertz CT molecular complexity index is 618. The predicted molar refractivity (Wildman–Crippen MR) is 66.6 cm³/mol. The van der Waals surface area contributed by atoms with E-state index in [2.05, 4.69) is 20.5 Å². The van der Waals surface area contributed by atoms with E-state index < -0.39 is 0 Å². The van der Waals surface area contributed by atoms with Gasteiger partial charge in [-0.15, -0.1) is 5.10 Å². The molecule has 0 saturated carbocycles. The van der Waals surface area contributed by atoms with Crippen molar-refractivity contribution in [3.63, 3.8) is 0 Å². The number of pyridine rings is 1. The lowest BCUT2D eigenvalue weighted by atomic mass is 10.2. The molecule has 0 N–H and O–H groups in total. The van der Waals surface area contributed by atoms with Gasteiger partial charge in [-0.1, -0.05) is 36.4 Å². The first kappa shape index (κ1) is 10.6. The highest BCUT2D eigenvalue weighted by Gasteiger charge is 2.09. The van der Waals surface area contributed by atoms with Crippen LogP contribution < -0.4 is 0 Å². The Kier molecular flexibility index (Phi) is 2.79. The van der Waals surface area contributed by atoms with Crippen molar-refractivity contribution in [2.45, 2.75) is 6.54 Å². The van der Waals surface area contributed by atoms with Crippen molar-refractivity contribution >= 4 is 0 Å². The number of benzene rings is 1. The van der Waals surface area contributed by atoms with Gasteiger partial charge in [0.2, 0.25) is 5.82 Å². The first-order valence-corrected chi connectivity index (χ1v) is 5.65. The summed E-state index contributed by atoms with van der Waals surface area (Å²) < 4.78 is 1.75. The smallest absolute Gasteiger partial charge is 0.200 e. The molecule has 0 atom stereocenters. The Morgan fingerprint density at radius 3 is 2.56 bits per heavy atom. The normalized spacial score (nSPS) is 10.4. The van der Waals surface area contributed by atoms with E-state index in [1.165, 1.54) is 0 Å². The second-order valence-corrected chi connectivity index (χ2v) is 3.86. The van der Waals surface area contributed by atoms with E-state index in [4.69, 9.17) is 0 Å². The molecule has 1 aromatic carbocycles. The highest BCUT2D eigenvalue weighted by Crippen LogP contribution is 2.13. The van der Waals surface area contributed by atoms with E-state index in [1.54, 1.807) is 10.9 Å². The summed E-state index contributed by atoms with van der Waals surface area (Å²) in [5.41, 5.74) is 1.93. The Labute approximate surface area is 104 Å². The second kappa shape index (κ2) is 4.75. The summed E-state index contributed by atoms with van der Waals surface area (Å²) in [5, 5.41) is 11.7. The van der Waals surface area contributed by atoms with E-state index >= 15 is 0 Å². The molecule has 88 valence electrons. The summed E-state index contributed by atoms with van der Waals surface area (Å²) in [6.45, 7) is 0.639. The molecular weight excluding hydrogens is 226 g/mol. The van der Waals surface area contributed by atoms with Gasteiger partial charge in [0, 0.05) is 6.20 Å². The van der Waals surface area contributed by atoms with Gasteiger partial charge < -0.3 is 0 Å². The van der Waals surface area contributed by atoms with Crippen LogP contribution in [0.25, 0.3) is 11.5 Å². The Balaban J connectivity index is 1.93. The lowest BCUT2D eigenvalue weighted by molar-refractivity contribution is 0.652. The summed E-state index contributed by atoms with van der Waals surface area (Å²) in [7, 11) is 0. The molecule has 0 spiro atoms. The van der Waals surface area contributed by atoms with Crippen molar-refractivity contribution in [2.24, 2.45) is 0 Å². The molecule has 0 saturated heterocycles. The average molecular weight is 237 g/mol. The maximum atomic E-state index is 4.26. The number of hydrogen-bond acceptors (Lipinski definition) is 4. The van der Waals surface area contributed by atoms with Gasteiger partial charge in [0.25, 0.3) is 0 Å². The summed E-state index contributed by atoms with van der Waals surface area (Å²) in [5.74, 6) is 0.680. The van der Waals surface area contributed by atoms with Crippen molar-refractivity contribution in [2.75, 3.05) is 0 Å². The molecule has 0 aliphatic heterocycles. The lowest BCUT2D eigenvalue weighted by Gasteiger charge is -2.03. The molecule has 2 aromatic heterocycles. The maximum Gasteiger partial charge on any atom is 0.200 e. The van der Waals surface area contributed by atoms with Gasteiger partial charge >= 0.3 is 0 Å². The van der Waals surface area contributed by atoms with Gasteiger partial charge in [-0.2, -0.15) is 0 Å². The Morgan fingerprint density at radius 1 is 0.944 bits per heavy atom. The van der Waals surface area contributed by atoms with Crippen LogP contribution >= 0.6 is 0 Å². The summed E-state index contributed by atoms with van der Waals surface area (Å²) in [4.78, 5) is 4.26. The Hall–Kier alpha value is -2.56. The van der Waals surface area contributed by atoms with E-state index in [0.717, 1.165) is 11.3 Å². The first-order valence-electron chi connectivity index (χ1n) is 5.65. The summed E-state index contributed by atoms with van der Waals surface area (Å²) in [6.07, 6.45) is 1.73. The zero-order valence-electron chi connectivity index (χ0n) is 9.64. The molecule has 0 bridgehead atoms. The number of hydrogen-bond donors (Lipinski definition) is 0. The van der Waals surface area contributed by atoms with Crippen LogP contribution in [0.3, 0.4) is 0 Å². The van der Waals surface area contributed by atoms with Crippen molar-refractivity contribution < 1.29 is 0 Å². The number of tetrazole rings is 1. The van der Waals surface area contributed by atoms with Crippen molar-refractivity contribution in [3.05, 3.63) is 60.3 Å². The topological polar surface area (TPSA) is 56.5 Å². The first-order chi connectivity index (χ1) is 8.93. The molecule has 0 unspecified atom stereocenters. The van der Waals surface area contributed by atoms with Gasteiger partial charge in [-0.3, -0.25) is 4.98 Å². The minimum Gasteiger partial charge on any atom is -0.253 e. The van der Waals surface area contributed by atoms with Crippen LogP contribution in [0, 0.1) is 0 Å². The van der Waals surface area contributed by atoms with Gasteiger partial charge in [-0.25, -0.2) is 4.68 Å². The molecule has 5 heteroatoms. The third-order valence-corrected chi connectivity index (χ3v) is 2.60. The largest absolute Gasteiger partial charge is 0.253 e. The molecule has 0 aliphatic carbocycles. The fraction of sp³-hybridized carbons (Fsp3) is 0.0769. The van der Waals surface area contributed by atoms with Crippen LogP contribution in [0.1, 0.15) is 5.56 Å². The zero-order valence-corrected chi connectivity index (χ0v) is 9.64. The lowest BCUT2D eigenvalue weighted by Crippen LogP contribution is -2.04. The van der Waals surface area contributed by atoms with Crippen molar-refractivity contribution in [1.29, 1.82) is 0 Å². The third kappa shape index (κ3) is 2.10. The predicted octanol–water partition coefficient (Wildman–Crippen LogP) is 1.78. The Morgan fingerprint density at radius 2 is 1.78 bits per heavy atom. The highest BCUT2D eigenvalue weighted by atomic mass is 15.5. The van der Waals surface area contributed by atoms with Gasteiger partial charge in [-0.05, 0) is 28.1 Å². The fourth-order valence-electron chi connectivity index (χ4n) is 1.75. The molecular formula is C13H11N5. The third-order valence-electron chi connectivity index (χ3n) is 2.60. The molecule has 5 nitrogen and oxygen atoms in total. The van der Waals surface area contributed by atoms with Crippen molar-refractivity contribution in [1.82, 2.24) is 25.2 Å². The molecule has 0 aliphatic rings. The van der Waals surface area contributed by atoms with Crippen LogP contribution in [0.5, 0.6) is 0 Å². The van der Waals surface area contributed by atoms with Crippen LogP contribution in [0.15, 0.2) is 54.7 Å².